The van der Waals surface area contributed by atoms with Crippen molar-refractivity contribution in [3.05, 3.63) is 76.6 Å². The SMILES string of the molecule is Cc1cccc(-n2c(CNC(=O)Cc3ccccc3)nnc2SCC(=O)Nc2nnc(C)s2)c1. The topological polar surface area (TPSA) is 115 Å². The highest BCUT2D eigenvalue weighted by Gasteiger charge is 2.17. The molecule has 0 saturated heterocycles. The van der Waals surface area contributed by atoms with Crippen LogP contribution in [0.15, 0.2) is 59.8 Å². The van der Waals surface area contributed by atoms with Crippen molar-refractivity contribution < 1.29 is 9.59 Å². The molecular weight excluding hydrogens is 470 g/mol. The Hall–Kier alpha value is -3.57. The van der Waals surface area contributed by atoms with E-state index in [1.165, 1.54) is 23.1 Å². The van der Waals surface area contributed by atoms with Gasteiger partial charge < -0.3 is 5.32 Å². The van der Waals surface area contributed by atoms with Crippen LogP contribution < -0.4 is 10.6 Å². The van der Waals surface area contributed by atoms with Gasteiger partial charge in [-0.05, 0) is 37.1 Å². The van der Waals surface area contributed by atoms with Crippen LogP contribution >= 0.6 is 23.1 Å². The molecule has 0 unspecified atom stereocenters. The molecule has 9 nitrogen and oxygen atoms in total. The van der Waals surface area contributed by atoms with E-state index < -0.39 is 0 Å². The van der Waals surface area contributed by atoms with Gasteiger partial charge in [0.25, 0.3) is 0 Å². The monoisotopic (exact) mass is 493 g/mol. The number of rotatable bonds is 9. The lowest BCUT2D eigenvalue weighted by molar-refractivity contribution is -0.120. The summed E-state index contributed by atoms with van der Waals surface area (Å²) in [5, 5.41) is 23.9. The van der Waals surface area contributed by atoms with Crippen LogP contribution in [0.2, 0.25) is 0 Å². The van der Waals surface area contributed by atoms with Crippen molar-refractivity contribution >= 4 is 40.0 Å². The van der Waals surface area contributed by atoms with Gasteiger partial charge in [0.05, 0.1) is 18.7 Å². The minimum atomic E-state index is -0.211. The summed E-state index contributed by atoms with van der Waals surface area (Å²) in [6, 6.07) is 17.5. The molecule has 0 fully saturated rings. The van der Waals surface area contributed by atoms with Gasteiger partial charge >= 0.3 is 0 Å². The lowest BCUT2D eigenvalue weighted by Crippen LogP contribution is -2.26. The van der Waals surface area contributed by atoms with Gasteiger partial charge in [-0.25, -0.2) is 0 Å². The predicted octanol–water partition coefficient (Wildman–Crippen LogP) is 3.33. The first-order valence-corrected chi connectivity index (χ1v) is 12.3. The smallest absolute Gasteiger partial charge is 0.236 e. The Morgan fingerprint density at radius 3 is 2.53 bits per heavy atom. The van der Waals surface area contributed by atoms with Crippen LogP contribution in [0.3, 0.4) is 0 Å². The fourth-order valence-electron chi connectivity index (χ4n) is 3.19. The van der Waals surface area contributed by atoms with E-state index in [1.807, 2.05) is 73.0 Å². The zero-order chi connectivity index (χ0) is 23.9. The van der Waals surface area contributed by atoms with Gasteiger partial charge in [0, 0.05) is 5.69 Å². The number of anilines is 1. The molecule has 2 aromatic carbocycles. The summed E-state index contributed by atoms with van der Waals surface area (Å²) in [4.78, 5) is 24.8. The van der Waals surface area contributed by atoms with Crippen LogP contribution in [0.4, 0.5) is 5.13 Å². The number of carbonyl (C=O) groups is 2. The number of benzene rings is 2. The maximum Gasteiger partial charge on any atom is 0.236 e. The van der Waals surface area contributed by atoms with Crippen molar-refractivity contribution in [1.82, 2.24) is 30.3 Å². The Balaban J connectivity index is 1.47. The van der Waals surface area contributed by atoms with Gasteiger partial charge in [0.2, 0.25) is 16.9 Å². The first-order chi connectivity index (χ1) is 16.5. The molecule has 0 bridgehead atoms. The summed E-state index contributed by atoms with van der Waals surface area (Å²) >= 11 is 2.58. The number of nitrogens with zero attached hydrogens (tertiary/aromatic N) is 5. The van der Waals surface area contributed by atoms with Crippen LogP contribution in [0.5, 0.6) is 0 Å². The average Bonchev–Trinajstić information content (AvgIpc) is 3.42. The second-order valence-corrected chi connectivity index (χ2v) is 9.60. The predicted molar refractivity (Wildman–Crippen MR) is 132 cm³/mol. The minimum absolute atomic E-state index is 0.106. The van der Waals surface area contributed by atoms with Gasteiger partial charge in [-0.1, -0.05) is 65.6 Å². The summed E-state index contributed by atoms with van der Waals surface area (Å²) in [5.74, 6) is 0.390. The third-order valence-corrected chi connectivity index (χ3v) is 6.40. The van der Waals surface area contributed by atoms with Crippen molar-refractivity contribution in [2.45, 2.75) is 32.0 Å². The number of aryl methyl sites for hydroxylation is 2. The molecule has 0 aliphatic carbocycles. The third-order valence-electron chi connectivity index (χ3n) is 4.72. The lowest BCUT2D eigenvalue weighted by Gasteiger charge is -2.11. The van der Waals surface area contributed by atoms with Crippen molar-refractivity contribution in [3.63, 3.8) is 0 Å². The normalized spacial score (nSPS) is 10.8. The minimum Gasteiger partial charge on any atom is -0.348 e. The summed E-state index contributed by atoms with van der Waals surface area (Å²) in [5.41, 5.74) is 2.87. The van der Waals surface area contributed by atoms with Gasteiger partial charge in [-0.3, -0.25) is 19.5 Å². The first-order valence-electron chi connectivity index (χ1n) is 10.5. The molecule has 0 radical (unpaired) electrons. The molecule has 0 aliphatic heterocycles. The number of thioether (sulfide) groups is 1. The number of nitrogens with one attached hydrogen (secondary N) is 2. The van der Waals surface area contributed by atoms with E-state index >= 15 is 0 Å². The Bertz CT molecular complexity index is 1290. The highest BCUT2D eigenvalue weighted by molar-refractivity contribution is 7.99. The second-order valence-electron chi connectivity index (χ2n) is 7.48. The van der Waals surface area contributed by atoms with Crippen LogP contribution in [-0.2, 0) is 22.6 Å². The average molecular weight is 494 g/mol. The summed E-state index contributed by atoms with van der Waals surface area (Å²) in [6.45, 7) is 4.04. The van der Waals surface area contributed by atoms with Gasteiger partial charge in [-0.2, -0.15) is 0 Å². The Morgan fingerprint density at radius 2 is 1.79 bits per heavy atom. The highest BCUT2D eigenvalue weighted by Crippen LogP contribution is 2.23. The summed E-state index contributed by atoms with van der Waals surface area (Å²) in [7, 11) is 0. The van der Waals surface area contributed by atoms with E-state index in [0.717, 1.165) is 21.8 Å². The zero-order valence-electron chi connectivity index (χ0n) is 18.7. The van der Waals surface area contributed by atoms with E-state index in [4.69, 9.17) is 0 Å². The van der Waals surface area contributed by atoms with Crippen molar-refractivity contribution in [2.75, 3.05) is 11.1 Å². The molecule has 0 saturated carbocycles. The number of hydrogen-bond donors (Lipinski definition) is 2. The van der Waals surface area contributed by atoms with Crippen LogP contribution in [0.25, 0.3) is 5.69 Å². The Labute approximate surface area is 205 Å². The number of hydrogen-bond acceptors (Lipinski definition) is 8. The number of amides is 2. The van der Waals surface area contributed by atoms with Crippen LogP contribution in [-0.4, -0.2) is 42.5 Å². The standard InChI is InChI=1S/C23H23N7O2S2/c1-15-7-6-10-18(11-15)30-19(13-24-20(31)12-17-8-4-3-5-9-17)27-29-23(30)33-14-21(32)25-22-28-26-16(2)34-22/h3-11H,12-14H2,1-2H3,(H,24,31)(H,25,28,32). The molecular formula is C23H23N7O2S2. The highest BCUT2D eigenvalue weighted by atomic mass is 32.2. The fourth-order valence-corrected chi connectivity index (χ4v) is 4.57. The quantitative estimate of drug-likeness (QED) is 0.344. The largest absolute Gasteiger partial charge is 0.348 e. The fraction of sp³-hybridized carbons (Fsp3) is 0.217. The molecule has 11 heteroatoms. The van der Waals surface area contributed by atoms with E-state index in [-0.39, 0.29) is 30.5 Å². The molecule has 2 N–H and O–H groups in total. The Kier molecular flexibility index (Phi) is 7.65. The van der Waals surface area contributed by atoms with E-state index in [2.05, 4.69) is 31.0 Å². The molecule has 2 aromatic heterocycles. The van der Waals surface area contributed by atoms with E-state index in [1.54, 1.807) is 0 Å². The molecule has 0 spiro atoms. The zero-order valence-corrected chi connectivity index (χ0v) is 20.3. The second kappa shape index (κ2) is 11.0. The van der Waals surface area contributed by atoms with Crippen LogP contribution in [0.1, 0.15) is 22.0 Å². The van der Waals surface area contributed by atoms with Gasteiger partial charge in [-0.15, -0.1) is 20.4 Å². The number of carbonyl (C=O) groups excluding carboxylic acids is 2. The molecule has 34 heavy (non-hydrogen) atoms. The van der Waals surface area contributed by atoms with E-state index in [0.29, 0.717) is 16.1 Å². The van der Waals surface area contributed by atoms with Gasteiger partial charge in [0.15, 0.2) is 11.0 Å². The first kappa shape index (κ1) is 23.6. The molecule has 4 rings (SSSR count). The van der Waals surface area contributed by atoms with Gasteiger partial charge in [0.1, 0.15) is 5.01 Å². The molecule has 0 atom stereocenters. The molecule has 4 aromatic rings. The molecule has 2 heterocycles. The summed E-state index contributed by atoms with van der Waals surface area (Å²) < 4.78 is 1.86. The van der Waals surface area contributed by atoms with Crippen LogP contribution in [0, 0.1) is 13.8 Å². The molecule has 174 valence electrons. The van der Waals surface area contributed by atoms with E-state index in [9.17, 15) is 9.59 Å². The van der Waals surface area contributed by atoms with Crippen molar-refractivity contribution in [3.8, 4) is 5.69 Å². The third kappa shape index (κ3) is 6.27. The lowest BCUT2D eigenvalue weighted by atomic mass is 10.1. The van der Waals surface area contributed by atoms with Crippen molar-refractivity contribution in [2.24, 2.45) is 0 Å². The number of aromatic nitrogens is 5. The molecule has 0 aliphatic rings. The molecule has 2 amide bonds. The van der Waals surface area contributed by atoms with Crippen molar-refractivity contribution in [1.29, 1.82) is 0 Å². The maximum absolute atomic E-state index is 12.4. The maximum atomic E-state index is 12.4. The Morgan fingerprint density at radius 1 is 0.971 bits per heavy atom. The summed E-state index contributed by atoms with van der Waals surface area (Å²) in [6.07, 6.45) is 0.284.